The lowest BCUT2D eigenvalue weighted by Crippen LogP contribution is -2.02. The molecule has 2 aromatic rings. The molecule has 104 valence electrons. The van der Waals surface area contributed by atoms with Gasteiger partial charge in [0.1, 0.15) is 0 Å². The van der Waals surface area contributed by atoms with Crippen molar-refractivity contribution in [1.29, 1.82) is 0 Å². The Morgan fingerprint density at radius 1 is 1.20 bits per heavy atom. The number of carbonyl (C=O) groups excluding carboxylic acids is 1. The van der Waals surface area contributed by atoms with Crippen LogP contribution in [0.5, 0.6) is 0 Å². The van der Waals surface area contributed by atoms with E-state index in [0.717, 1.165) is 27.5 Å². The van der Waals surface area contributed by atoms with Crippen LogP contribution < -0.4 is 5.73 Å². The molecular weight excluding hydrogens is 270 g/mol. The van der Waals surface area contributed by atoms with Crippen molar-refractivity contribution in [2.24, 2.45) is 0 Å². The average molecular weight is 287 g/mol. The molecule has 0 bridgehead atoms. The molecule has 2 aromatic carbocycles. The Balaban J connectivity index is 2.27. The van der Waals surface area contributed by atoms with Crippen LogP contribution in [0, 0.1) is 0 Å². The van der Waals surface area contributed by atoms with Crippen LogP contribution in [-0.4, -0.2) is 13.1 Å². The van der Waals surface area contributed by atoms with Crippen molar-refractivity contribution >= 4 is 23.4 Å². The summed E-state index contributed by atoms with van der Waals surface area (Å²) in [6.45, 7) is 2.07. The summed E-state index contributed by atoms with van der Waals surface area (Å²) in [5.41, 5.74) is 8.16. The lowest BCUT2D eigenvalue weighted by Gasteiger charge is -2.09. The fourth-order valence-corrected chi connectivity index (χ4v) is 2.86. The predicted molar refractivity (Wildman–Crippen MR) is 82.1 cm³/mol. The Hall–Kier alpha value is -1.94. The second-order valence-corrected chi connectivity index (χ2v) is 5.45. The molecule has 0 unspecified atom stereocenters. The lowest BCUT2D eigenvalue weighted by molar-refractivity contribution is 0.0600. The molecule has 0 radical (unpaired) electrons. The molecule has 0 aliphatic rings. The molecule has 2 rings (SSSR count). The van der Waals surface area contributed by atoms with Gasteiger partial charge in [-0.1, -0.05) is 18.7 Å². The SMILES string of the molecule is CCc1cc(C(=O)OC)ccc1Sc1ccc(N)cc1. The summed E-state index contributed by atoms with van der Waals surface area (Å²) >= 11 is 1.67. The smallest absolute Gasteiger partial charge is 0.337 e. The van der Waals surface area contributed by atoms with E-state index in [4.69, 9.17) is 10.5 Å². The van der Waals surface area contributed by atoms with E-state index >= 15 is 0 Å². The minimum absolute atomic E-state index is 0.302. The Morgan fingerprint density at radius 3 is 2.50 bits per heavy atom. The molecule has 0 aliphatic heterocycles. The van der Waals surface area contributed by atoms with Crippen molar-refractivity contribution in [2.45, 2.75) is 23.1 Å². The van der Waals surface area contributed by atoms with Crippen molar-refractivity contribution in [1.82, 2.24) is 0 Å². The number of esters is 1. The number of nitrogen functional groups attached to an aromatic ring is 1. The van der Waals surface area contributed by atoms with E-state index in [2.05, 4.69) is 6.92 Å². The number of hydrogen-bond acceptors (Lipinski definition) is 4. The fraction of sp³-hybridized carbons (Fsp3) is 0.188. The van der Waals surface area contributed by atoms with Gasteiger partial charge < -0.3 is 10.5 Å². The van der Waals surface area contributed by atoms with Crippen LogP contribution in [0.2, 0.25) is 0 Å². The highest BCUT2D eigenvalue weighted by atomic mass is 32.2. The summed E-state index contributed by atoms with van der Waals surface area (Å²) in [6.07, 6.45) is 0.863. The first-order valence-electron chi connectivity index (χ1n) is 6.38. The van der Waals surface area contributed by atoms with Gasteiger partial charge in [-0.25, -0.2) is 4.79 Å². The van der Waals surface area contributed by atoms with Crippen LogP contribution in [-0.2, 0) is 11.2 Å². The standard InChI is InChI=1S/C16H17NO2S/c1-3-11-10-12(16(18)19-2)4-9-15(11)20-14-7-5-13(17)6-8-14/h4-10H,3,17H2,1-2H3. The summed E-state index contributed by atoms with van der Waals surface area (Å²) in [5.74, 6) is -0.302. The number of rotatable bonds is 4. The van der Waals surface area contributed by atoms with Crippen LogP contribution in [0.1, 0.15) is 22.8 Å². The van der Waals surface area contributed by atoms with E-state index in [1.54, 1.807) is 17.8 Å². The largest absolute Gasteiger partial charge is 0.465 e. The van der Waals surface area contributed by atoms with Gasteiger partial charge in [0.15, 0.2) is 0 Å². The van der Waals surface area contributed by atoms with E-state index in [-0.39, 0.29) is 5.97 Å². The number of anilines is 1. The number of ether oxygens (including phenoxy) is 1. The van der Waals surface area contributed by atoms with E-state index in [1.165, 1.54) is 7.11 Å². The van der Waals surface area contributed by atoms with Crippen LogP contribution in [0.15, 0.2) is 52.3 Å². The molecule has 0 saturated heterocycles. The molecule has 2 N–H and O–H groups in total. The highest BCUT2D eigenvalue weighted by molar-refractivity contribution is 7.99. The number of nitrogens with two attached hydrogens (primary N) is 1. The second kappa shape index (κ2) is 6.48. The zero-order chi connectivity index (χ0) is 14.5. The van der Waals surface area contributed by atoms with Gasteiger partial charge in [-0.15, -0.1) is 0 Å². The van der Waals surface area contributed by atoms with Crippen LogP contribution in [0.25, 0.3) is 0 Å². The molecule has 0 aromatic heterocycles. The van der Waals surface area contributed by atoms with Gasteiger partial charge in [0, 0.05) is 15.5 Å². The number of carbonyl (C=O) groups is 1. The first-order chi connectivity index (χ1) is 9.63. The molecule has 0 saturated carbocycles. The maximum Gasteiger partial charge on any atom is 0.337 e. The van der Waals surface area contributed by atoms with Gasteiger partial charge in [-0.2, -0.15) is 0 Å². The van der Waals surface area contributed by atoms with Gasteiger partial charge in [0.25, 0.3) is 0 Å². The van der Waals surface area contributed by atoms with E-state index in [1.807, 2.05) is 36.4 Å². The average Bonchev–Trinajstić information content (AvgIpc) is 2.49. The first kappa shape index (κ1) is 14.5. The van der Waals surface area contributed by atoms with Crippen molar-refractivity contribution in [3.8, 4) is 0 Å². The zero-order valence-electron chi connectivity index (χ0n) is 11.6. The minimum Gasteiger partial charge on any atom is -0.465 e. The van der Waals surface area contributed by atoms with Gasteiger partial charge >= 0.3 is 5.97 Å². The summed E-state index contributed by atoms with van der Waals surface area (Å²) in [4.78, 5) is 13.8. The third-order valence-electron chi connectivity index (χ3n) is 2.97. The molecule has 3 nitrogen and oxygen atoms in total. The van der Waals surface area contributed by atoms with Crippen molar-refractivity contribution in [3.63, 3.8) is 0 Å². The van der Waals surface area contributed by atoms with Crippen LogP contribution in [0.4, 0.5) is 5.69 Å². The summed E-state index contributed by atoms with van der Waals surface area (Å²) in [6, 6.07) is 13.4. The third kappa shape index (κ3) is 3.33. The van der Waals surface area contributed by atoms with Crippen LogP contribution in [0.3, 0.4) is 0 Å². The Kier molecular flexibility index (Phi) is 4.69. The topological polar surface area (TPSA) is 52.3 Å². The lowest BCUT2D eigenvalue weighted by atomic mass is 10.1. The number of hydrogen-bond donors (Lipinski definition) is 1. The van der Waals surface area contributed by atoms with Crippen LogP contribution >= 0.6 is 11.8 Å². The first-order valence-corrected chi connectivity index (χ1v) is 7.20. The van der Waals surface area contributed by atoms with E-state index < -0.39 is 0 Å². The molecule has 0 atom stereocenters. The van der Waals surface area contributed by atoms with Gasteiger partial charge in [0.2, 0.25) is 0 Å². The monoisotopic (exact) mass is 287 g/mol. The predicted octanol–water partition coefficient (Wildman–Crippen LogP) is 3.77. The summed E-state index contributed by atoms with van der Waals surface area (Å²) in [5, 5.41) is 0. The Morgan fingerprint density at radius 2 is 1.90 bits per heavy atom. The molecule has 0 aliphatic carbocycles. The second-order valence-electron chi connectivity index (χ2n) is 4.34. The third-order valence-corrected chi connectivity index (χ3v) is 4.10. The number of aryl methyl sites for hydroxylation is 1. The van der Waals surface area contributed by atoms with E-state index in [0.29, 0.717) is 5.56 Å². The molecule has 0 spiro atoms. The highest BCUT2D eigenvalue weighted by Crippen LogP contribution is 2.31. The molecule has 20 heavy (non-hydrogen) atoms. The van der Waals surface area contributed by atoms with Gasteiger partial charge in [-0.3, -0.25) is 0 Å². The highest BCUT2D eigenvalue weighted by Gasteiger charge is 2.09. The molecule has 4 heteroatoms. The molecule has 0 heterocycles. The Labute approximate surface area is 123 Å². The maximum absolute atomic E-state index is 11.5. The zero-order valence-corrected chi connectivity index (χ0v) is 12.4. The number of methoxy groups -OCH3 is 1. The Bertz CT molecular complexity index is 608. The summed E-state index contributed by atoms with van der Waals surface area (Å²) in [7, 11) is 1.39. The molecule has 0 amide bonds. The fourth-order valence-electron chi connectivity index (χ4n) is 1.86. The van der Waals surface area contributed by atoms with E-state index in [9.17, 15) is 4.79 Å². The van der Waals surface area contributed by atoms with Crippen molar-refractivity contribution in [2.75, 3.05) is 12.8 Å². The van der Waals surface area contributed by atoms with Crippen molar-refractivity contribution < 1.29 is 9.53 Å². The van der Waals surface area contributed by atoms with Gasteiger partial charge in [0.05, 0.1) is 12.7 Å². The summed E-state index contributed by atoms with van der Waals surface area (Å²) < 4.78 is 4.75. The molecular formula is C16H17NO2S. The normalized spacial score (nSPS) is 10.3. The van der Waals surface area contributed by atoms with Crippen molar-refractivity contribution in [3.05, 3.63) is 53.6 Å². The minimum atomic E-state index is -0.302. The number of benzene rings is 2. The van der Waals surface area contributed by atoms with Gasteiger partial charge in [-0.05, 0) is 54.4 Å². The quantitative estimate of drug-likeness (QED) is 0.687. The molecule has 0 fully saturated rings. The maximum atomic E-state index is 11.5.